The van der Waals surface area contributed by atoms with Crippen LogP contribution in [-0.4, -0.2) is 51.8 Å². The second kappa shape index (κ2) is 6.36. The lowest BCUT2D eigenvalue weighted by molar-refractivity contribution is -0.140. The average molecular weight is 227 g/mol. The van der Waals surface area contributed by atoms with E-state index in [4.69, 9.17) is 5.11 Å². The lowest BCUT2D eigenvalue weighted by atomic mass is 10.3. The van der Waals surface area contributed by atoms with Crippen molar-refractivity contribution in [3.05, 3.63) is 0 Å². The van der Waals surface area contributed by atoms with Gasteiger partial charge in [-0.15, -0.1) is 0 Å². The van der Waals surface area contributed by atoms with Crippen LogP contribution in [0.25, 0.3) is 0 Å². The SMILES string of the molecule is COS(=O)N(C)C(CSC)C(=O)O. The molecule has 0 aromatic rings. The first-order valence-corrected chi connectivity index (χ1v) is 5.88. The Morgan fingerprint density at radius 3 is 2.62 bits per heavy atom. The standard InChI is InChI=1S/C6H13NO4S2/c1-7(13(10)11-2)5(4-12-3)6(8)9/h5H,4H2,1-3H3,(H,8,9). The predicted octanol–water partition coefficient (Wildman–Crippen LogP) is -0.0405. The number of likely N-dealkylation sites (N-methyl/N-ethyl adjacent to an activating group) is 1. The number of hydrogen-bond donors (Lipinski definition) is 1. The van der Waals surface area contributed by atoms with Gasteiger partial charge < -0.3 is 5.11 Å². The third-order valence-electron chi connectivity index (χ3n) is 1.43. The van der Waals surface area contributed by atoms with Gasteiger partial charge in [0.05, 0.1) is 7.11 Å². The fraction of sp³-hybridized carbons (Fsp3) is 0.833. The summed E-state index contributed by atoms with van der Waals surface area (Å²) in [6, 6.07) is -0.782. The molecule has 0 saturated heterocycles. The molecule has 0 bridgehead atoms. The van der Waals surface area contributed by atoms with Crippen molar-refractivity contribution < 1.29 is 18.3 Å². The summed E-state index contributed by atoms with van der Waals surface area (Å²) in [6.45, 7) is 0. The van der Waals surface area contributed by atoms with Crippen molar-refractivity contribution in [2.75, 3.05) is 26.2 Å². The quantitative estimate of drug-likeness (QED) is 0.689. The first kappa shape index (κ1) is 12.9. The van der Waals surface area contributed by atoms with Crippen molar-refractivity contribution in [1.29, 1.82) is 0 Å². The van der Waals surface area contributed by atoms with Crippen LogP contribution in [0.1, 0.15) is 0 Å². The molecular formula is C6H13NO4S2. The van der Waals surface area contributed by atoms with Crippen LogP contribution in [-0.2, 0) is 20.2 Å². The van der Waals surface area contributed by atoms with Gasteiger partial charge in [-0.1, -0.05) is 0 Å². The molecule has 0 aliphatic rings. The van der Waals surface area contributed by atoms with E-state index in [1.54, 1.807) is 6.26 Å². The second-order valence-electron chi connectivity index (χ2n) is 2.24. The fourth-order valence-corrected chi connectivity index (χ4v) is 2.10. The number of carboxylic acid groups (broad SMARTS) is 1. The van der Waals surface area contributed by atoms with E-state index >= 15 is 0 Å². The van der Waals surface area contributed by atoms with Gasteiger partial charge in [0, 0.05) is 12.8 Å². The van der Waals surface area contributed by atoms with Crippen LogP contribution in [0.5, 0.6) is 0 Å². The van der Waals surface area contributed by atoms with Crippen molar-refractivity contribution in [2.45, 2.75) is 6.04 Å². The highest BCUT2D eigenvalue weighted by Gasteiger charge is 2.26. The molecule has 5 nitrogen and oxygen atoms in total. The highest BCUT2D eigenvalue weighted by atomic mass is 32.2. The lowest BCUT2D eigenvalue weighted by Gasteiger charge is -2.20. The molecule has 78 valence electrons. The van der Waals surface area contributed by atoms with Crippen LogP contribution >= 0.6 is 11.8 Å². The Morgan fingerprint density at radius 2 is 2.31 bits per heavy atom. The maximum Gasteiger partial charge on any atom is 0.322 e. The van der Waals surface area contributed by atoms with Crippen LogP contribution in [0.15, 0.2) is 0 Å². The second-order valence-corrected chi connectivity index (χ2v) is 4.49. The van der Waals surface area contributed by atoms with Gasteiger partial charge in [-0.3, -0.25) is 8.98 Å². The minimum atomic E-state index is -1.68. The minimum Gasteiger partial charge on any atom is -0.480 e. The summed E-state index contributed by atoms with van der Waals surface area (Å²) >= 11 is -0.303. The highest BCUT2D eigenvalue weighted by Crippen LogP contribution is 2.07. The molecule has 0 amide bonds. The zero-order valence-corrected chi connectivity index (χ0v) is 9.35. The number of carbonyl (C=O) groups is 1. The maximum atomic E-state index is 11.1. The van der Waals surface area contributed by atoms with Crippen LogP contribution in [0.2, 0.25) is 0 Å². The summed E-state index contributed by atoms with van der Waals surface area (Å²) in [5.41, 5.74) is 0. The molecule has 0 aliphatic heterocycles. The largest absolute Gasteiger partial charge is 0.480 e. The molecule has 13 heavy (non-hydrogen) atoms. The molecule has 0 radical (unpaired) electrons. The van der Waals surface area contributed by atoms with E-state index in [-0.39, 0.29) is 0 Å². The molecule has 0 heterocycles. The number of rotatable bonds is 6. The molecule has 2 atom stereocenters. The molecule has 0 spiro atoms. The first-order valence-electron chi connectivity index (χ1n) is 3.45. The Hall–Kier alpha value is -0.110. The van der Waals surface area contributed by atoms with Crippen molar-refractivity contribution >= 4 is 29.0 Å². The highest BCUT2D eigenvalue weighted by molar-refractivity contribution is 7.98. The smallest absolute Gasteiger partial charge is 0.322 e. The lowest BCUT2D eigenvalue weighted by Crippen LogP contribution is -2.41. The number of aliphatic carboxylic acids is 1. The number of carboxylic acids is 1. The first-order chi connectivity index (χ1) is 6.04. The predicted molar refractivity (Wildman–Crippen MR) is 52.7 cm³/mol. The zero-order chi connectivity index (χ0) is 10.4. The van der Waals surface area contributed by atoms with E-state index < -0.39 is 23.3 Å². The fourth-order valence-electron chi connectivity index (χ4n) is 0.711. The van der Waals surface area contributed by atoms with Gasteiger partial charge >= 0.3 is 5.97 Å². The normalized spacial score (nSPS) is 15.7. The molecule has 0 aliphatic carbocycles. The van der Waals surface area contributed by atoms with Gasteiger partial charge in [0.15, 0.2) is 0 Å². The van der Waals surface area contributed by atoms with E-state index in [2.05, 4.69) is 4.18 Å². The van der Waals surface area contributed by atoms with Crippen LogP contribution in [0, 0.1) is 0 Å². The minimum absolute atomic E-state index is 0.376. The molecule has 0 rings (SSSR count). The van der Waals surface area contributed by atoms with E-state index in [1.807, 2.05) is 0 Å². The molecule has 0 saturated carbocycles. The van der Waals surface area contributed by atoms with Crippen molar-refractivity contribution in [3.63, 3.8) is 0 Å². The van der Waals surface area contributed by atoms with Crippen molar-refractivity contribution in [3.8, 4) is 0 Å². The Bertz CT molecular complexity index is 199. The van der Waals surface area contributed by atoms with Crippen LogP contribution in [0.3, 0.4) is 0 Å². The molecule has 0 aromatic carbocycles. The summed E-state index contributed by atoms with van der Waals surface area (Å²) in [6.07, 6.45) is 1.79. The van der Waals surface area contributed by atoms with Crippen molar-refractivity contribution in [2.24, 2.45) is 0 Å². The number of hydrogen-bond acceptors (Lipinski definition) is 4. The summed E-state index contributed by atoms with van der Waals surface area (Å²) in [5, 5.41) is 8.77. The van der Waals surface area contributed by atoms with Gasteiger partial charge in [0.1, 0.15) is 6.04 Å². The summed E-state index contributed by atoms with van der Waals surface area (Å²) < 4.78 is 16.8. The van der Waals surface area contributed by atoms with E-state index in [0.29, 0.717) is 5.75 Å². The molecule has 0 fully saturated rings. The monoisotopic (exact) mass is 227 g/mol. The maximum absolute atomic E-state index is 11.1. The Morgan fingerprint density at radius 1 is 1.77 bits per heavy atom. The Kier molecular flexibility index (Phi) is 6.31. The zero-order valence-electron chi connectivity index (χ0n) is 7.72. The van der Waals surface area contributed by atoms with Crippen molar-refractivity contribution in [1.82, 2.24) is 4.31 Å². The van der Waals surface area contributed by atoms with E-state index in [0.717, 1.165) is 0 Å². The topological polar surface area (TPSA) is 66.8 Å². The summed E-state index contributed by atoms with van der Waals surface area (Å²) in [5.74, 6) is -0.622. The van der Waals surface area contributed by atoms with E-state index in [1.165, 1.54) is 30.2 Å². The summed E-state index contributed by atoms with van der Waals surface area (Å²) in [4.78, 5) is 10.7. The van der Waals surface area contributed by atoms with Crippen LogP contribution in [0.4, 0.5) is 0 Å². The van der Waals surface area contributed by atoms with Gasteiger partial charge in [-0.05, 0) is 6.26 Å². The number of thioether (sulfide) groups is 1. The molecular weight excluding hydrogens is 214 g/mol. The molecule has 1 N–H and O–H groups in total. The van der Waals surface area contributed by atoms with Gasteiger partial charge in [0.2, 0.25) is 11.3 Å². The number of nitrogens with zero attached hydrogens (tertiary/aromatic N) is 1. The van der Waals surface area contributed by atoms with Crippen LogP contribution < -0.4 is 0 Å². The molecule has 0 aromatic heterocycles. The average Bonchev–Trinajstić information content (AvgIpc) is 2.11. The summed E-state index contributed by atoms with van der Waals surface area (Å²) in [7, 11) is 2.72. The van der Waals surface area contributed by atoms with E-state index in [9.17, 15) is 9.00 Å². The van der Waals surface area contributed by atoms with Gasteiger partial charge in [-0.25, -0.2) is 4.21 Å². The Labute approximate surface area is 84.2 Å². The Balaban J connectivity index is 4.35. The third kappa shape index (κ3) is 4.08. The van der Waals surface area contributed by atoms with Gasteiger partial charge in [0.25, 0.3) is 0 Å². The molecule has 2 unspecified atom stereocenters. The third-order valence-corrected chi connectivity index (χ3v) is 3.09. The molecule has 7 heteroatoms. The van der Waals surface area contributed by atoms with Gasteiger partial charge in [-0.2, -0.15) is 16.1 Å².